The molecule has 2 heterocycles. The molecule has 124 valence electrons. The second-order valence-corrected chi connectivity index (χ2v) is 5.91. The van der Waals surface area contributed by atoms with Crippen molar-refractivity contribution in [2.24, 2.45) is 0 Å². The molecule has 0 aliphatic rings. The van der Waals surface area contributed by atoms with Crippen LogP contribution in [0, 0.1) is 19.3 Å². The Balaban J connectivity index is 1.69. The Labute approximate surface area is 148 Å². The van der Waals surface area contributed by atoms with E-state index in [2.05, 4.69) is 33.1 Å². The van der Waals surface area contributed by atoms with Crippen molar-refractivity contribution in [3.05, 3.63) is 77.4 Å². The minimum absolute atomic E-state index is 0.152. The number of hydrogen-bond donors (Lipinski definition) is 1. The van der Waals surface area contributed by atoms with Crippen molar-refractivity contribution in [1.29, 1.82) is 0 Å². The van der Waals surface area contributed by atoms with Crippen molar-refractivity contribution in [1.82, 2.24) is 20.3 Å². The van der Waals surface area contributed by atoms with Gasteiger partial charge in [0.25, 0.3) is 0 Å². The number of pyridine rings is 1. The number of nitrogens with one attached hydrogen (secondary N) is 1. The minimum atomic E-state index is 0.152. The number of terminal acetylenes is 1. The summed E-state index contributed by atoms with van der Waals surface area (Å²) in [6.45, 7) is 4.90. The van der Waals surface area contributed by atoms with Crippen molar-refractivity contribution in [3.8, 4) is 23.7 Å². The van der Waals surface area contributed by atoms with E-state index < -0.39 is 0 Å². The lowest BCUT2D eigenvalue weighted by atomic mass is 10.1. The molecule has 0 amide bonds. The van der Waals surface area contributed by atoms with Gasteiger partial charge < -0.3 is 5.32 Å². The maximum absolute atomic E-state index is 5.39. The summed E-state index contributed by atoms with van der Waals surface area (Å²) in [4.78, 5) is 13.2. The molecule has 0 bridgehead atoms. The summed E-state index contributed by atoms with van der Waals surface area (Å²) < 4.78 is 0. The van der Waals surface area contributed by atoms with Gasteiger partial charge in [0.05, 0.1) is 0 Å². The maximum Gasteiger partial charge on any atom is 0.159 e. The molecule has 0 spiro atoms. The third-order valence-corrected chi connectivity index (χ3v) is 4.16. The predicted molar refractivity (Wildman–Crippen MR) is 99.6 cm³/mol. The summed E-state index contributed by atoms with van der Waals surface area (Å²) in [7, 11) is 0. The van der Waals surface area contributed by atoms with Gasteiger partial charge in [-0.05, 0) is 43.7 Å². The highest BCUT2D eigenvalue weighted by atomic mass is 14.9. The van der Waals surface area contributed by atoms with Crippen LogP contribution in [0.4, 0.5) is 0 Å². The molecule has 0 saturated heterocycles. The first kappa shape index (κ1) is 16.8. The van der Waals surface area contributed by atoms with Crippen LogP contribution in [0.3, 0.4) is 0 Å². The number of aromatic nitrogens is 3. The van der Waals surface area contributed by atoms with Crippen LogP contribution >= 0.6 is 0 Å². The van der Waals surface area contributed by atoms with Crippen molar-refractivity contribution in [2.45, 2.75) is 26.4 Å². The van der Waals surface area contributed by atoms with Gasteiger partial charge >= 0.3 is 0 Å². The summed E-state index contributed by atoms with van der Waals surface area (Å²) >= 11 is 0. The van der Waals surface area contributed by atoms with Gasteiger partial charge in [-0.2, -0.15) is 0 Å². The van der Waals surface area contributed by atoms with Crippen LogP contribution in [0.2, 0.25) is 0 Å². The van der Waals surface area contributed by atoms with Crippen LogP contribution in [0.5, 0.6) is 0 Å². The second-order valence-electron chi connectivity index (χ2n) is 5.91. The zero-order chi connectivity index (χ0) is 17.6. The highest BCUT2D eigenvalue weighted by Crippen LogP contribution is 2.19. The predicted octanol–water partition coefficient (Wildman–Crippen LogP) is 3.68. The van der Waals surface area contributed by atoms with E-state index in [9.17, 15) is 0 Å². The van der Waals surface area contributed by atoms with Crippen LogP contribution in [0.15, 0.2) is 55.0 Å². The molecule has 3 rings (SSSR count). The van der Waals surface area contributed by atoms with Crippen molar-refractivity contribution < 1.29 is 0 Å². The molecule has 25 heavy (non-hydrogen) atoms. The minimum Gasteiger partial charge on any atom is -0.306 e. The number of nitrogens with zero attached hydrogens (tertiary/aromatic N) is 3. The Bertz CT molecular complexity index is 880. The monoisotopic (exact) mass is 328 g/mol. The zero-order valence-corrected chi connectivity index (χ0v) is 14.4. The Morgan fingerprint density at radius 2 is 1.84 bits per heavy atom. The molecule has 0 radical (unpaired) electrons. The molecule has 3 aromatic rings. The molecule has 4 nitrogen and oxygen atoms in total. The summed E-state index contributed by atoms with van der Waals surface area (Å²) in [6.07, 6.45) is 10.8. The molecule has 4 heteroatoms. The molecule has 1 aromatic carbocycles. The number of hydrogen-bond acceptors (Lipinski definition) is 4. The fourth-order valence-corrected chi connectivity index (χ4v) is 2.64. The Morgan fingerprint density at radius 1 is 1.12 bits per heavy atom. The molecule has 0 aliphatic heterocycles. The summed E-state index contributed by atoms with van der Waals surface area (Å²) in [5.41, 5.74) is 5.13. The standard InChI is InChI=1S/C21H20N4/c1-4-17-5-7-18(8-6-17)13-23-15(2)20-14-24-21(25-16(20)3)19-9-11-22-12-10-19/h1,5-12,14-15,23H,13H2,2-3H3/t15-/m1/s1. The highest BCUT2D eigenvalue weighted by molar-refractivity contribution is 5.53. The van der Waals surface area contributed by atoms with Crippen LogP contribution in [-0.4, -0.2) is 15.0 Å². The van der Waals surface area contributed by atoms with Gasteiger partial charge in [-0.1, -0.05) is 18.1 Å². The van der Waals surface area contributed by atoms with Gasteiger partial charge in [-0.15, -0.1) is 6.42 Å². The average Bonchev–Trinajstić information content (AvgIpc) is 2.67. The lowest BCUT2D eigenvalue weighted by molar-refractivity contribution is 0.568. The SMILES string of the molecule is C#Cc1ccc(CN[C@H](C)c2cnc(-c3ccncc3)nc2C)cc1. The first-order valence-electron chi connectivity index (χ1n) is 8.20. The van der Waals surface area contributed by atoms with Crippen molar-refractivity contribution in [2.75, 3.05) is 0 Å². The van der Waals surface area contributed by atoms with Gasteiger partial charge in [-0.25, -0.2) is 9.97 Å². The molecule has 2 aromatic heterocycles. The topological polar surface area (TPSA) is 50.7 Å². The van der Waals surface area contributed by atoms with Gasteiger partial charge in [0.2, 0.25) is 0 Å². The van der Waals surface area contributed by atoms with Gasteiger partial charge in [-0.3, -0.25) is 4.98 Å². The van der Waals surface area contributed by atoms with E-state index in [1.807, 2.05) is 49.5 Å². The summed E-state index contributed by atoms with van der Waals surface area (Å²) in [5, 5.41) is 3.51. The van der Waals surface area contributed by atoms with Crippen LogP contribution in [0.25, 0.3) is 11.4 Å². The number of aryl methyl sites for hydroxylation is 1. The maximum atomic E-state index is 5.39. The Hall–Kier alpha value is -3.03. The summed E-state index contributed by atoms with van der Waals surface area (Å²) in [5.74, 6) is 3.35. The van der Waals surface area contributed by atoms with Gasteiger partial charge in [0, 0.05) is 53.6 Å². The van der Waals surface area contributed by atoms with E-state index in [1.54, 1.807) is 12.4 Å². The van der Waals surface area contributed by atoms with Gasteiger partial charge in [0.1, 0.15) is 0 Å². The van der Waals surface area contributed by atoms with Crippen molar-refractivity contribution in [3.63, 3.8) is 0 Å². The van der Waals surface area contributed by atoms with Crippen LogP contribution in [0.1, 0.15) is 35.3 Å². The molecular weight excluding hydrogens is 308 g/mol. The third kappa shape index (κ3) is 4.09. The summed E-state index contributed by atoms with van der Waals surface area (Å²) in [6, 6.07) is 12.0. The Kier molecular flexibility index (Phi) is 5.17. The zero-order valence-electron chi connectivity index (χ0n) is 14.4. The molecule has 1 N–H and O–H groups in total. The number of rotatable bonds is 5. The van der Waals surface area contributed by atoms with Gasteiger partial charge in [0.15, 0.2) is 5.82 Å². The normalized spacial score (nSPS) is 11.7. The van der Waals surface area contributed by atoms with E-state index in [0.29, 0.717) is 0 Å². The van der Waals surface area contributed by atoms with E-state index in [1.165, 1.54) is 5.56 Å². The van der Waals surface area contributed by atoms with Crippen LogP contribution in [-0.2, 0) is 6.54 Å². The first-order chi connectivity index (χ1) is 12.2. The lowest BCUT2D eigenvalue weighted by Crippen LogP contribution is -2.19. The van der Waals surface area contributed by atoms with E-state index in [4.69, 9.17) is 6.42 Å². The van der Waals surface area contributed by atoms with E-state index in [-0.39, 0.29) is 6.04 Å². The quantitative estimate of drug-likeness (QED) is 0.726. The Morgan fingerprint density at radius 3 is 2.48 bits per heavy atom. The second kappa shape index (κ2) is 7.69. The molecule has 1 atom stereocenters. The largest absolute Gasteiger partial charge is 0.306 e. The third-order valence-electron chi connectivity index (χ3n) is 4.16. The van der Waals surface area contributed by atoms with E-state index in [0.717, 1.165) is 34.8 Å². The molecule has 0 fully saturated rings. The number of benzene rings is 1. The average molecular weight is 328 g/mol. The molecule has 0 saturated carbocycles. The van der Waals surface area contributed by atoms with Crippen LogP contribution < -0.4 is 5.32 Å². The molecule has 0 aliphatic carbocycles. The molecular formula is C21H20N4. The van der Waals surface area contributed by atoms with E-state index >= 15 is 0 Å². The first-order valence-corrected chi connectivity index (χ1v) is 8.20. The highest BCUT2D eigenvalue weighted by Gasteiger charge is 2.11. The lowest BCUT2D eigenvalue weighted by Gasteiger charge is -2.16. The molecule has 0 unspecified atom stereocenters. The fourth-order valence-electron chi connectivity index (χ4n) is 2.64. The smallest absolute Gasteiger partial charge is 0.159 e. The fraction of sp³-hybridized carbons (Fsp3) is 0.190. The van der Waals surface area contributed by atoms with Crippen molar-refractivity contribution >= 4 is 0 Å².